The van der Waals surface area contributed by atoms with E-state index in [1.54, 1.807) is 27.2 Å². The van der Waals surface area contributed by atoms with Crippen LogP contribution in [-0.2, 0) is 14.3 Å². The summed E-state index contributed by atoms with van der Waals surface area (Å²) in [7, 11) is 1.68. The number of nitrogens with zero attached hydrogens (tertiary/aromatic N) is 1. The van der Waals surface area contributed by atoms with Crippen molar-refractivity contribution in [2.45, 2.75) is 134 Å². The minimum absolute atomic E-state index is 0.191. The van der Waals surface area contributed by atoms with Gasteiger partial charge in [0.05, 0.1) is 10.4 Å². The van der Waals surface area contributed by atoms with Crippen LogP contribution in [0.3, 0.4) is 0 Å². The molecule has 3 rings (SSSR count). The third-order valence-electron chi connectivity index (χ3n) is 7.17. The quantitative estimate of drug-likeness (QED) is 0.250. The Morgan fingerprint density at radius 2 is 1.61 bits per heavy atom. The van der Waals surface area contributed by atoms with Gasteiger partial charge in [-0.25, -0.2) is 4.98 Å². The number of anilines is 1. The topological polar surface area (TPSA) is 88.5 Å². The number of ether oxygens (including phenoxy) is 1. The van der Waals surface area contributed by atoms with Gasteiger partial charge in [-0.2, -0.15) is 0 Å². The van der Waals surface area contributed by atoms with Crippen LogP contribution in [0.15, 0.2) is 10.4 Å². The standard InChI is InChI=1S/C10H20.C9H12N2O3S2.C8H16.C3H8O/c1-3-9(2)10-7-5-4-6-8-10;1-5(12)11-8-10-4-6(15-8)16-9(2,3)7(13)14;1-8-6-4-2-3-5-7-8;1-3-4-2/h9-10H,3-8H2,1-2H3;4H,1-3H3,(H,13,14)(H,10,11,12);8H,2-7H2,1H3;3H2,1-2H3. The number of carbonyl (C=O) groups is 2. The average molecular weight is 573 g/mol. The number of amides is 1. The maximum Gasteiger partial charge on any atom is 0.319 e. The summed E-state index contributed by atoms with van der Waals surface area (Å²) in [5.74, 6) is 2.01. The molecule has 0 spiro atoms. The van der Waals surface area contributed by atoms with E-state index in [0.717, 1.165) is 28.6 Å². The van der Waals surface area contributed by atoms with Crippen molar-refractivity contribution in [1.82, 2.24) is 4.98 Å². The summed E-state index contributed by atoms with van der Waals surface area (Å²) >= 11 is 2.47. The van der Waals surface area contributed by atoms with E-state index in [-0.39, 0.29) is 5.91 Å². The van der Waals surface area contributed by atoms with Gasteiger partial charge in [-0.1, -0.05) is 121 Å². The van der Waals surface area contributed by atoms with Crippen LogP contribution >= 0.6 is 23.1 Å². The highest BCUT2D eigenvalue weighted by molar-refractivity contribution is 8.03. The van der Waals surface area contributed by atoms with Crippen molar-refractivity contribution >= 4 is 40.1 Å². The van der Waals surface area contributed by atoms with Crippen molar-refractivity contribution in [3.63, 3.8) is 0 Å². The summed E-state index contributed by atoms with van der Waals surface area (Å²) in [6, 6.07) is 0. The molecule has 1 aromatic rings. The van der Waals surface area contributed by atoms with Crippen LogP contribution in [0.2, 0.25) is 0 Å². The molecule has 2 aliphatic rings. The molecule has 1 heterocycles. The van der Waals surface area contributed by atoms with E-state index in [1.165, 1.54) is 107 Å². The molecule has 1 amide bonds. The SMILES string of the molecule is CC(=O)Nc1ncc(SC(C)(C)C(=O)O)s1.CC1CCCCCC1.CCC(C)C1CCCCC1.CCOC. The molecule has 2 aliphatic carbocycles. The highest BCUT2D eigenvalue weighted by atomic mass is 32.2. The molecule has 8 heteroatoms. The first kappa shape index (κ1) is 36.9. The minimum Gasteiger partial charge on any atom is -0.480 e. The Morgan fingerprint density at radius 1 is 1.11 bits per heavy atom. The van der Waals surface area contributed by atoms with Crippen LogP contribution in [0.5, 0.6) is 0 Å². The zero-order chi connectivity index (χ0) is 29.0. The highest BCUT2D eigenvalue weighted by Gasteiger charge is 2.29. The van der Waals surface area contributed by atoms with Gasteiger partial charge in [-0.15, -0.1) is 0 Å². The molecular formula is C30H56N2O4S2. The second-order valence-corrected chi connectivity index (χ2v) is 14.0. The van der Waals surface area contributed by atoms with Gasteiger partial charge in [-0.3, -0.25) is 9.59 Å². The molecule has 0 aromatic carbocycles. The van der Waals surface area contributed by atoms with Crippen LogP contribution in [-0.4, -0.2) is 40.4 Å². The number of nitrogens with one attached hydrogen (secondary N) is 1. The van der Waals surface area contributed by atoms with E-state index in [2.05, 4.69) is 35.8 Å². The number of aliphatic carboxylic acids is 1. The highest BCUT2D eigenvalue weighted by Crippen LogP contribution is 2.37. The lowest BCUT2D eigenvalue weighted by Crippen LogP contribution is -2.26. The third-order valence-corrected chi connectivity index (χ3v) is 9.37. The lowest BCUT2D eigenvalue weighted by molar-refractivity contribution is -0.138. The summed E-state index contributed by atoms with van der Waals surface area (Å²) in [5, 5.41) is 12.0. The minimum atomic E-state index is -0.903. The summed E-state index contributed by atoms with van der Waals surface area (Å²) in [5.41, 5.74) is 0. The van der Waals surface area contributed by atoms with Crippen LogP contribution in [0, 0.1) is 17.8 Å². The first-order valence-corrected chi connectivity index (χ1v) is 16.2. The summed E-state index contributed by atoms with van der Waals surface area (Å²) < 4.78 is 4.40. The molecule has 222 valence electrons. The van der Waals surface area contributed by atoms with E-state index in [1.807, 2.05) is 6.92 Å². The van der Waals surface area contributed by atoms with Gasteiger partial charge >= 0.3 is 5.97 Å². The Kier molecular flexibility index (Phi) is 21.0. The van der Waals surface area contributed by atoms with E-state index >= 15 is 0 Å². The molecule has 2 N–H and O–H groups in total. The monoisotopic (exact) mass is 572 g/mol. The molecule has 0 radical (unpaired) electrons. The molecular weight excluding hydrogens is 516 g/mol. The van der Waals surface area contributed by atoms with Crippen molar-refractivity contribution in [1.29, 1.82) is 0 Å². The Bertz CT molecular complexity index is 738. The van der Waals surface area contributed by atoms with Gasteiger partial charge in [0.15, 0.2) is 5.13 Å². The predicted octanol–water partition coefficient (Wildman–Crippen LogP) is 9.30. The molecule has 0 bridgehead atoms. The summed E-state index contributed by atoms with van der Waals surface area (Å²) in [6.45, 7) is 14.5. The predicted molar refractivity (Wildman–Crippen MR) is 164 cm³/mol. The second kappa shape index (κ2) is 21.7. The molecule has 0 aliphatic heterocycles. The van der Waals surface area contributed by atoms with Gasteiger partial charge in [0.1, 0.15) is 4.75 Å². The van der Waals surface area contributed by atoms with Crippen LogP contribution in [0.25, 0.3) is 0 Å². The first-order chi connectivity index (χ1) is 18.0. The lowest BCUT2D eigenvalue weighted by Gasteiger charge is -2.26. The number of carboxylic acids is 1. The number of thiazole rings is 1. The van der Waals surface area contributed by atoms with E-state index in [4.69, 9.17) is 5.11 Å². The van der Waals surface area contributed by atoms with Gasteiger partial charge in [0.25, 0.3) is 0 Å². The van der Waals surface area contributed by atoms with E-state index < -0.39 is 10.7 Å². The van der Waals surface area contributed by atoms with Crippen molar-refractivity contribution in [2.75, 3.05) is 19.0 Å². The van der Waals surface area contributed by atoms with Gasteiger partial charge in [0.2, 0.25) is 5.91 Å². The Morgan fingerprint density at radius 3 is 2.05 bits per heavy atom. The van der Waals surface area contributed by atoms with Crippen molar-refractivity contribution in [3.8, 4) is 0 Å². The largest absolute Gasteiger partial charge is 0.480 e. The van der Waals surface area contributed by atoms with Gasteiger partial charge in [-0.05, 0) is 38.5 Å². The number of carboxylic acid groups (broad SMARTS) is 1. The molecule has 38 heavy (non-hydrogen) atoms. The van der Waals surface area contributed by atoms with Crippen molar-refractivity contribution in [3.05, 3.63) is 6.20 Å². The van der Waals surface area contributed by atoms with Gasteiger partial charge in [0, 0.05) is 20.6 Å². The smallest absolute Gasteiger partial charge is 0.319 e. The fraction of sp³-hybridized carbons (Fsp3) is 0.833. The molecule has 0 saturated heterocycles. The van der Waals surface area contributed by atoms with Crippen molar-refractivity contribution in [2.24, 2.45) is 17.8 Å². The number of thioether (sulfide) groups is 1. The number of hydrogen-bond donors (Lipinski definition) is 2. The van der Waals surface area contributed by atoms with E-state index in [9.17, 15) is 9.59 Å². The molecule has 2 fully saturated rings. The Balaban J connectivity index is 0.000000533. The zero-order valence-corrected chi connectivity index (χ0v) is 27.1. The van der Waals surface area contributed by atoms with Crippen LogP contribution in [0.4, 0.5) is 5.13 Å². The molecule has 2 saturated carbocycles. The first-order valence-electron chi connectivity index (χ1n) is 14.6. The average Bonchev–Trinajstić information content (AvgIpc) is 3.16. The third kappa shape index (κ3) is 18.2. The summed E-state index contributed by atoms with van der Waals surface area (Å²) in [4.78, 5) is 25.6. The number of rotatable bonds is 7. The van der Waals surface area contributed by atoms with Crippen molar-refractivity contribution < 1.29 is 19.4 Å². The summed E-state index contributed by atoms with van der Waals surface area (Å²) in [6.07, 6.45) is 19.4. The molecule has 1 aromatic heterocycles. The Hall–Kier alpha value is -1.12. The molecule has 1 unspecified atom stereocenters. The molecule has 6 nitrogen and oxygen atoms in total. The number of methoxy groups -OCH3 is 1. The normalized spacial score (nSPS) is 17.3. The second-order valence-electron chi connectivity index (χ2n) is 11.0. The maximum atomic E-state index is 10.9. The maximum absolute atomic E-state index is 10.9. The zero-order valence-electron chi connectivity index (χ0n) is 25.4. The number of aromatic nitrogens is 1. The van der Waals surface area contributed by atoms with Crippen LogP contribution in [0.1, 0.15) is 126 Å². The van der Waals surface area contributed by atoms with E-state index in [0.29, 0.717) is 5.13 Å². The molecule has 1 atom stereocenters. The lowest BCUT2D eigenvalue weighted by atomic mass is 9.80. The number of hydrogen-bond acceptors (Lipinski definition) is 6. The van der Waals surface area contributed by atoms with Gasteiger partial charge < -0.3 is 15.2 Å². The number of carbonyl (C=O) groups excluding carboxylic acids is 1. The fourth-order valence-corrected chi connectivity index (χ4v) is 6.65. The van der Waals surface area contributed by atoms with Crippen LogP contribution < -0.4 is 5.32 Å². The Labute approximate surface area is 241 Å². The fourth-order valence-electron chi connectivity index (χ4n) is 4.33.